The summed E-state index contributed by atoms with van der Waals surface area (Å²) >= 11 is 3.40. The van der Waals surface area contributed by atoms with Crippen LogP contribution < -0.4 is 9.64 Å². The van der Waals surface area contributed by atoms with Gasteiger partial charge in [0.1, 0.15) is 17.4 Å². The highest BCUT2D eigenvalue weighted by Crippen LogP contribution is 2.44. The second-order valence-electron chi connectivity index (χ2n) is 5.99. The molecule has 1 N–H and O–H groups in total. The van der Waals surface area contributed by atoms with Crippen LogP contribution in [0.25, 0.3) is 0 Å². The molecule has 1 aromatic carbocycles. The van der Waals surface area contributed by atoms with Crippen molar-refractivity contribution in [2.45, 2.75) is 38.8 Å². The highest BCUT2D eigenvalue weighted by molar-refractivity contribution is 9.10. The molecule has 0 saturated carbocycles. The van der Waals surface area contributed by atoms with Crippen molar-refractivity contribution < 1.29 is 24.2 Å². The number of anilines is 1. The lowest BCUT2D eigenvalue weighted by molar-refractivity contribution is -0.138. The fraction of sp³-hybridized carbons (Fsp3) is 0.467. The predicted molar refractivity (Wildman–Crippen MR) is 84.5 cm³/mol. The number of halogens is 1. The Kier molecular flexibility index (Phi) is 4.37. The van der Waals surface area contributed by atoms with E-state index in [1.165, 1.54) is 7.11 Å². The number of carbonyl (C=O) groups excluding carboxylic acids is 1. The highest BCUT2D eigenvalue weighted by Gasteiger charge is 2.43. The molecule has 1 amide bonds. The van der Waals surface area contributed by atoms with E-state index in [0.717, 1.165) is 14.9 Å². The molecule has 1 aromatic rings. The van der Waals surface area contributed by atoms with Crippen molar-refractivity contribution in [1.82, 2.24) is 0 Å². The Hall–Kier alpha value is -1.76. The topological polar surface area (TPSA) is 76.1 Å². The lowest BCUT2D eigenvalue weighted by Gasteiger charge is -2.28. The number of fused-ring (bicyclic) bond motifs is 1. The van der Waals surface area contributed by atoms with E-state index in [1.54, 1.807) is 32.9 Å². The second-order valence-corrected chi connectivity index (χ2v) is 6.84. The minimum Gasteiger partial charge on any atom is -0.495 e. The Morgan fingerprint density at radius 2 is 2.00 bits per heavy atom. The van der Waals surface area contributed by atoms with Gasteiger partial charge in [-0.2, -0.15) is 0 Å². The first-order valence-corrected chi connectivity index (χ1v) is 7.55. The monoisotopic (exact) mass is 371 g/mol. The molecule has 0 aromatic heterocycles. The number of aliphatic carboxylic acids is 1. The lowest BCUT2D eigenvalue weighted by Crippen LogP contribution is -2.45. The molecular formula is C15H18BrNO5. The van der Waals surface area contributed by atoms with Crippen LogP contribution in [0, 0.1) is 0 Å². The number of carbonyl (C=O) groups is 2. The molecule has 1 aliphatic heterocycles. The molecule has 0 bridgehead atoms. The number of methoxy groups -OCH3 is 1. The molecule has 7 heteroatoms. The highest BCUT2D eigenvalue weighted by atomic mass is 79.9. The van der Waals surface area contributed by atoms with E-state index in [-0.39, 0.29) is 6.42 Å². The van der Waals surface area contributed by atoms with Gasteiger partial charge in [-0.05, 0) is 38.5 Å². The fourth-order valence-electron chi connectivity index (χ4n) is 2.38. The number of ether oxygens (including phenoxy) is 2. The summed E-state index contributed by atoms with van der Waals surface area (Å²) in [5.74, 6) is -0.649. The van der Waals surface area contributed by atoms with Crippen molar-refractivity contribution in [3.63, 3.8) is 0 Å². The van der Waals surface area contributed by atoms with Crippen LogP contribution in [-0.2, 0) is 16.0 Å². The van der Waals surface area contributed by atoms with Crippen molar-refractivity contribution in [3.05, 3.63) is 22.2 Å². The molecule has 1 heterocycles. The maximum Gasteiger partial charge on any atom is 0.415 e. The zero-order chi connectivity index (χ0) is 16.7. The summed E-state index contributed by atoms with van der Waals surface area (Å²) < 4.78 is 11.4. The molecule has 1 atom stereocenters. The van der Waals surface area contributed by atoms with Gasteiger partial charge in [-0.1, -0.05) is 15.9 Å². The Morgan fingerprint density at radius 1 is 1.36 bits per heavy atom. The third kappa shape index (κ3) is 3.04. The maximum atomic E-state index is 12.5. The molecule has 6 nitrogen and oxygen atoms in total. The van der Waals surface area contributed by atoms with Crippen molar-refractivity contribution in [2.75, 3.05) is 12.0 Å². The normalized spacial score (nSPS) is 17.1. The molecule has 0 fully saturated rings. The molecule has 120 valence electrons. The third-order valence-electron chi connectivity index (χ3n) is 3.23. The Balaban J connectivity index is 2.53. The summed E-state index contributed by atoms with van der Waals surface area (Å²) in [6, 6.07) is 2.44. The summed E-state index contributed by atoms with van der Waals surface area (Å²) in [4.78, 5) is 25.2. The summed E-state index contributed by atoms with van der Waals surface area (Å²) in [5, 5.41) is 9.45. The van der Waals surface area contributed by atoms with Crippen molar-refractivity contribution in [1.29, 1.82) is 0 Å². The average Bonchev–Trinajstić information content (AvgIpc) is 2.78. The van der Waals surface area contributed by atoms with E-state index in [2.05, 4.69) is 15.9 Å². The number of hydrogen-bond donors (Lipinski definition) is 1. The molecule has 0 aliphatic carbocycles. The van der Waals surface area contributed by atoms with Crippen LogP contribution in [0.2, 0.25) is 0 Å². The zero-order valence-corrected chi connectivity index (χ0v) is 14.4. The fourth-order valence-corrected chi connectivity index (χ4v) is 2.86. The molecule has 0 saturated heterocycles. The van der Waals surface area contributed by atoms with E-state index in [0.29, 0.717) is 11.4 Å². The van der Waals surface area contributed by atoms with Crippen molar-refractivity contribution in [3.8, 4) is 5.75 Å². The number of nitrogens with zero attached hydrogens (tertiary/aromatic N) is 1. The average molecular weight is 372 g/mol. The van der Waals surface area contributed by atoms with Crippen LogP contribution in [0.4, 0.5) is 10.5 Å². The number of carboxylic acids is 1. The summed E-state index contributed by atoms with van der Waals surface area (Å²) in [6.07, 6.45) is -0.503. The van der Waals surface area contributed by atoms with Gasteiger partial charge in [-0.15, -0.1) is 0 Å². The quantitative estimate of drug-likeness (QED) is 0.863. The summed E-state index contributed by atoms with van der Waals surface area (Å²) in [7, 11) is 1.48. The first-order valence-electron chi connectivity index (χ1n) is 6.76. The van der Waals surface area contributed by atoms with Gasteiger partial charge < -0.3 is 14.6 Å². The minimum absolute atomic E-state index is 0.196. The zero-order valence-electron chi connectivity index (χ0n) is 12.8. The second kappa shape index (κ2) is 5.79. The Bertz CT molecular complexity index is 623. The summed E-state index contributed by atoms with van der Waals surface area (Å²) in [5.41, 5.74) is 0.443. The van der Waals surface area contributed by atoms with Crippen LogP contribution >= 0.6 is 15.9 Å². The molecule has 22 heavy (non-hydrogen) atoms. The van der Waals surface area contributed by atoms with E-state index in [1.807, 2.05) is 0 Å². The lowest BCUT2D eigenvalue weighted by atomic mass is 10.1. The van der Waals surface area contributed by atoms with Gasteiger partial charge in [0.25, 0.3) is 0 Å². The van der Waals surface area contributed by atoms with Crippen LogP contribution in [0.15, 0.2) is 16.6 Å². The Morgan fingerprint density at radius 3 is 2.50 bits per heavy atom. The van der Waals surface area contributed by atoms with Gasteiger partial charge in [0, 0.05) is 10.9 Å². The number of carboxylic acid groups (broad SMARTS) is 1. The smallest absolute Gasteiger partial charge is 0.415 e. The molecule has 2 rings (SSSR count). The van der Waals surface area contributed by atoms with Gasteiger partial charge in [0.15, 0.2) is 0 Å². The van der Waals surface area contributed by atoms with E-state index in [9.17, 15) is 14.7 Å². The largest absolute Gasteiger partial charge is 0.495 e. The molecule has 0 radical (unpaired) electrons. The van der Waals surface area contributed by atoms with Gasteiger partial charge in [0.05, 0.1) is 12.8 Å². The maximum absolute atomic E-state index is 12.5. The third-order valence-corrected chi connectivity index (χ3v) is 3.98. The summed E-state index contributed by atoms with van der Waals surface area (Å²) in [6.45, 7) is 5.20. The first-order chi connectivity index (χ1) is 10.2. The van der Waals surface area contributed by atoms with E-state index in [4.69, 9.17) is 9.47 Å². The first kappa shape index (κ1) is 16.6. The van der Waals surface area contributed by atoms with Crippen LogP contribution in [0.5, 0.6) is 5.75 Å². The van der Waals surface area contributed by atoms with Crippen LogP contribution in [0.3, 0.4) is 0 Å². The van der Waals surface area contributed by atoms with Crippen LogP contribution in [-0.4, -0.2) is 35.9 Å². The predicted octanol–water partition coefficient (Wildman–Crippen LogP) is 3.21. The van der Waals surface area contributed by atoms with Gasteiger partial charge in [0.2, 0.25) is 0 Å². The SMILES string of the molecule is COc1ccc(Br)c2c1N(C(=O)OC(C)(C)C)[C@@H](C(=O)O)C2. The van der Waals surface area contributed by atoms with Crippen molar-refractivity contribution in [2.24, 2.45) is 0 Å². The minimum atomic E-state index is -1.09. The number of hydrogen-bond acceptors (Lipinski definition) is 4. The standard InChI is InChI=1S/C15H18BrNO5/c1-15(2,3)22-14(20)17-10(13(18)19)7-8-9(16)5-6-11(21-4)12(8)17/h5-6,10H,7H2,1-4H3,(H,18,19)/t10-/m1/s1. The molecule has 0 spiro atoms. The van der Waals surface area contributed by atoms with Gasteiger partial charge in [-0.25, -0.2) is 9.59 Å². The van der Waals surface area contributed by atoms with E-state index < -0.39 is 23.7 Å². The number of benzene rings is 1. The van der Waals surface area contributed by atoms with Crippen molar-refractivity contribution >= 4 is 33.7 Å². The van der Waals surface area contributed by atoms with E-state index >= 15 is 0 Å². The number of amides is 1. The molecule has 0 unspecified atom stereocenters. The van der Waals surface area contributed by atoms with Gasteiger partial charge >= 0.3 is 12.1 Å². The molecular weight excluding hydrogens is 354 g/mol. The number of rotatable bonds is 2. The molecule has 1 aliphatic rings. The Labute approximate surface area is 137 Å². The van der Waals surface area contributed by atoms with Gasteiger partial charge in [-0.3, -0.25) is 4.90 Å². The van der Waals surface area contributed by atoms with Crippen LogP contribution in [0.1, 0.15) is 26.3 Å².